The maximum absolute atomic E-state index is 11.0. The van der Waals surface area contributed by atoms with E-state index in [1.165, 1.54) is 19.1 Å². The van der Waals surface area contributed by atoms with Gasteiger partial charge >= 0.3 is 11.9 Å². The third kappa shape index (κ3) is 4.57. The first-order chi connectivity index (χ1) is 11.4. The number of carbonyl (C=O) groups is 2. The van der Waals surface area contributed by atoms with Crippen molar-refractivity contribution in [3.05, 3.63) is 58.6 Å². The van der Waals surface area contributed by atoms with Crippen LogP contribution in [0, 0.1) is 0 Å². The monoisotopic (exact) mass is 347 g/mol. The molecule has 0 unspecified atom stereocenters. The van der Waals surface area contributed by atoms with Crippen molar-refractivity contribution in [3.63, 3.8) is 0 Å². The topological polar surface area (TPSA) is 96.2 Å². The van der Waals surface area contributed by atoms with E-state index in [1.807, 2.05) is 0 Å². The summed E-state index contributed by atoms with van der Waals surface area (Å²) < 4.78 is 5.22. The summed E-state index contributed by atoms with van der Waals surface area (Å²) in [5.41, 5.74) is 1.19. The van der Waals surface area contributed by atoms with E-state index < -0.39 is 18.0 Å². The maximum atomic E-state index is 11.0. The minimum atomic E-state index is -1.12. The summed E-state index contributed by atoms with van der Waals surface area (Å²) >= 11 is 5.80. The minimum absolute atomic E-state index is 0.0160. The van der Waals surface area contributed by atoms with Gasteiger partial charge in [0.05, 0.1) is 16.3 Å². The Kier molecular flexibility index (Phi) is 5.55. The predicted molar refractivity (Wildman–Crippen MR) is 89.8 cm³/mol. The van der Waals surface area contributed by atoms with E-state index >= 15 is 0 Å². The number of aliphatic carboxylic acids is 1. The molecule has 6 nitrogen and oxygen atoms in total. The van der Waals surface area contributed by atoms with E-state index in [1.54, 1.807) is 36.5 Å². The van der Waals surface area contributed by atoms with Gasteiger partial charge < -0.3 is 14.9 Å². The van der Waals surface area contributed by atoms with E-state index in [9.17, 15) is 9.59 Å². The van der Waals surface area contributed by atoms with Crippen molar-refractivity contribution in [1.29, 1.82) is 0 Å². The molecule has 0 radical (unpaired) electrons. The van der Waals surface area contributed by atoms with E-state index in [-0.39, 0.29) is 10.6 Å². The standard InChI is InChI=1S/C17H14ClNO5/c1-10(16(20)21)24-13-5-2-11(3-6-13)9-19-12-4-7-15(18)14(8-12)17(22)23/h2-10H,1H3,(H,20,21)(H,22,23)/t10-/m0/s1. The number of carboxylic acid groups (broad SMARTS) is 2. The number of aliphatic imine (C=N–C) groups is 1. The minimum Gasteiger partial charge on any atom is -0.479 e. The quantitative estimate of drug-likeness (QED) is 0.778. The number of aromatic carboxylic acids is 1. The number of nitrogens with zero attached hydrogens (tertiary/aromatic N) is 1. The Morgan fingerprint density at radius 1 is 1.17 bits per heavy atom. The second-order valence-corrected chi connectivity index (χ2v) is 5.30. The molecular weight excluding hydrogens is 334 g/mol. The van der Waals surface area contributed by atoms with Gasteiger partial charge in [-0.2, -0.15) is 0 Å². The molecule has 7 heteroatoms. The van der Waals surface area contributed by atoms with Crippen LogP contribution in [0.3, 0.4) is 0 Å². The van der Waals surface area contributed by atoms with Gasteiger partial charge in [-0.3, -0.25) is 4.99 Å². The fraction of sp³-hybridized carbons (Fsp3) is 0.118. The molecule has 0 bridgehead atoms. The van der Waals surface area contributed by atoms with Crippen molar-refractivity contribution in [2.24, 2.45) is 4.99 Å². The van der Waals surface area contributed by atoms with E-state index in [0.29, 0.717) is 11.4 Å². The van der Waals surface area contributed by atoms with Crippen LogP contribution in [0.4, 0.5) is 5.69 Å². The lowest BCUT2D eigenvalue weighted by Crippen LogP contribution is -2.22. The van der Waals surface area contributed by atoms with Gasteiger partial charge in [0.25, 0.3) is 0 Å². The first-order valence-corrected chi connectivity index (χ1v) is 7.31. The molecule has 0 aliphatic heterocycles. The molecule has 0 saturated carbocycles. The van der Waals surface area contributed by atoms with Crippen molar-refractivity contribution in [2.75, 3.05) is 0 Å². The zero-order valence-electron chi connectivity index (χ0n) is 12.6. The Hall–Kier alpha value is -2.86. The summed E-state index contributed by atoms with van der Waals surface area (Å²) in [7, 11) is 0. The molecule has 2 N–H and O–H groups in total. The third-order valence-electron chi connectivity index (χ3n) is 3.08. The Morgan fingerprint density at radius 2 is 1.83 bits per heavy atom. The van der Waals surface area contributed by atoms with Gasteiger partial charge in [0, 0.05) is 6.21 Å². The number of rotatable bonds is 6. The second-order valence-electron chi connectivity index (χ2n) is 4.89. The van der Waals surface area contributed by atoms with Crippen LogP contribution in [-0.2, 0) is 4.79 Å². The van der Waals surface area contributed by atoms with Crippen LogP contribution in [0.5, 0.6) is 5.75 Å². The van der Waals surface area contributed by atoms with E-state index in [2.05, 4.69) is 4.99 Å². The predicted octanol–water partition coefficient (Wildman–Crippen LogP) is 3.64. The van der Waals surface area contributed by atoms with Crippen LogP contribution in [0.15, 0.2) is 47.5 Å². The Balaban J connectivity index is 2.11. The van der Waals surface area contributed by atoms with Crippen molar-refractivity contribution in [1.82, 2.24) is 0 Å². The van der Waals surface area contributed by atoms with Gasteiger partial charge in [0.1, 0.15) is 5.75 Å². The second kappa shape index (κ2) is 7.61. The zero-order valence-corrected chi connectivity index (χ0v) is 13.4. The number of ether oxygens (including phenoxy) is 1. The van der Waals surface area contributed by atoms with Crippen molar-refractivity contribution in [3.8, 4) is 5.75 Å². The van der Waals surface area contributed by atoms with Gasteiger partial charge in [0.2, 0.25) is 0 Å². The molecule has 0 aromatic heterocycles. The average molecular weight is 348 g/mol. The molecule has 124 valence electrons. The van der Waals surface area contributed by atoms with Gasteiger partial charge in [-0.25, -0.2) is 9.59 Å². The highest BCUT2D eigenvalue weighted by Gasteiger charge is 2.12. The molecule has 0 fully saturated rings. The summed E-state index contributed by atoms with van der Waals surface area (Å²) in [6.07, 6.45) is 0.618. The van der Waals surface area contributed by atoms with Crippen LogP contribution < -0.4 is 4.74 Å². The summed E-state index contributed by atoms with van der Waals surface area (Å²) in [5.74, 6) is -1.73. The fourth-order valence-corrected chi connectivity index (χ4v) is 1.99. The number of benzene rings is 2. The largest absolute Gasteiger partial charge is 0.479 e. The lowest BCUT2D eigenvalue weighted by atomic mass is 10.2. The average Bonchev–Trinajstić information content (AvgIpc) is 2.55. The third-order valence-corrected chi connectivity index (χ3v) is 3.41. The number of halogens is 1. The number of carboxylic acids is 2. The van der Waals surface area contributed by atoms with Crippen molar-refractivity contribution < 1.29 is 24.5 Å². The number of hydrogen-bond acceptors (Lipinski definition) is 4. The van der Waals surface area contributed by atoms with E-state index in [0.717, 1.165) is 5.56 Å². The molecule has 2 aromatic rings. The summed E-state index contributed by atoms with van der Waals surface area (Å²) in [6.45, 7) is 1.44. The summed E-state index contributed by atoms with van der Waals surface area (Å²) in [6, 6.07) is 11.1. The van der Waals surface area contributed by atoms with Crippen LogP contribution in [-0.4, -0.2) is 34.5 Å². The van der Waals surface area contributed by atoms with Crippen LogP contribution in [0.25, 0.3) is 0 Å². The van der Waals surface area contributed by atoms with Gasteiger partial charge in [0.15, 0.2) is 6.10 Å². The van der Waals surface area contributed by atoms with Gasteiger partial charge in [-0.15, -0.1) is 0 Å². The lowest BCUT2D eigenvalue weighted by molar-refractivity contribution is -0.144. The first-order valence-electron chi connectivity index (χ1n) is 6.93. The summed E-state index contributed by atoms with van der Waals surface area (Å²) in [5, 5.41) is 18.0. The van der Waals surface area contributed by atoms with Crippen LogP contribution >= 0.6 is 11.6 Å². The Bertz CT molecular complexity index is 786. The highest BCUT2D eigenvalue weighted by molar-refractivity contribution is 6.33. The molecular formula is C17H14ClNO5. The van der Waals surface area contributed by atoms with Crippen LogP contribution in [0.2, 0.25) is 5.02 Å². The SMILES string of the molecule is C[C@H](Oc1ccc(C=Nc2ccc(Cl)c(C(=O)O)c2)cc1)C(=O)O. The Morgan fingerprint density at radius 3 is 2.42 bits per heavy atom. The molecule has 0 spiro atoms. The molecule has 2 aromatic carbocycles. The van der Waals surface area contributed by atoms with E-state index in [4.69, 9.17) is 26.6 Å². The summed E-state index contributed by atoms with van der Waals surface area (Å²) in [4.78, 5) is 26.0. The Labute approximate surface area is 143 Å². The normalized spacial score (nSPS) is 12.1. The van der Waals surface area contributed by atoms with Crippen LogP contribution in [0.1, 0.15) is 22.8 Å². The van der Waals surface area contributed by atoms with Crippen molar-refractivity contribution in [2.45, 2.75) is 13.0 Å². The first kappa shape index (κ1) is 17.5. The smallest absolute Gasteiger partial charge is 0.344 e. The molecule has 0 saturated heterocycles. The highest BCUT2D eigenvalue weighted by Crippen LogP contribution is 2.22. The maximum Gasteiger partial charge on any atom is 0.344 e. The molecule has 24 heavy (non-hydrogen) atoms. The van der Waals surface area contributed by atoms with Gasteiger partial charge in [-0.1, -0.05) is 11.6 Å². The molecule has 0 aliphatic carbocycles. The van der Waals surface area contributed by atoms with Gasteiger partial charge in [-0.05, 0) is 55.0 Å². The molecule has 0 heterocycles. The molecule has 0 aliphatic rings. The molecule has 1 atom stereocenters. The fourth-order valence-electron chi connectivity index (χ4n) is 1.79. The lowest BCUT2D eigenvalue weighted by Gasteiger charge is -2.09. The van der Waals surface area contributed by atoms with Crippen molar-refractivity contribution >= 4 is 35.4 Å². The molecule has 0 amide bonds. The highest BCUT2D eigenvalue weighted by atomic mass is 35.5. The number of hydrogen-bond donors (Lipinski definition) is 2. The molecule has 2 rings (SSSR count). The zero-order chi connectivity index (χ0) is 17.7.